The second-order valence-electron chi connectivity index (χ2n) is 14.5. The van der Waals surface area contributed by atoms with E-state index in [0.29, 0.717) is 65.1 Å². The van der Waals surface area contributed by atoms with E-state index in [2.05, 4.69) is 28.2 Å². The van der Waals surface area contributed by atoms with Gasteiger partial charge < -0.3 is 34.4 Å². The van der Waals surface area contributed by atoms with E-state index in [1.54, 1.807) is 24.3 Å². The first-order valence-corrected chi connectivity index (χ1v) is 18.0. The first-order chi connectivity index (χ1) is 24.7. The molecule has 0 spiro atoms. The number of benzene rings is 5. The summed E-state index contributed by atoms with van der Waals surface area (Å²) in [5, 5.41) is 7.46. The molecule has 0 saturated heterocycles. The number of imide groups is 2. The molecule has 0 saturated carbocycles. The van der Waals surface area contributed by atoms with E-state index < -0.39 is 41.3 Å². The topological polar surface area (TPSA) is 295 Å². The minimum atomic E-state index is -2.36. The number of nitrogens with zero attached hydrogens (tertiary/aromatic N) is 2. The Morgan fingerprint density at radius 3 is 1.77 bits per heavy atom. The van der Waals surface area contributed by atoms with Crippen molar-refractivity contribution >= 4 is 96.0 Å². The number of rotatable bonds is 10. The Morgan fingerprint density at radius 1 is 0.717 bits per heavy atom. The zero-order valence-corrected chi connectivity index (χ0v) is 31.0. The van der Waals surface area contributed by atoms with Crippen molar-refractivity contribution in [1.29, 1.82) is 0 Å². The molecule has 274 valence electrons. The van der Waals surface area contributed by atoms with Crippen LogP contribution in [0.15, 0.2) is 40.9 Å². The van der Waals surface area contributed by atoms with E-state index in [9.17, 15) is 19.2 Å². The van der Waals surface area contributed by atoms with Crippen LogP contribution in [0.2, 0.25) is 0 Å². The van der Waals surface area contributed by atoms with E-state index in [1.165, 1.54) is 17.9 Å². The van der Waals surface area contributed by atoms with Crippen LogP contribution >= 0.6 is 15.9 Å². The molecule has 17 N–H and O–H groups in total. The molecule has 5 aromatic carbocycles. The van der Waals surface area contributed by atoms with Crippen molar-refractivity contribution in [2.45, 2.75) is 75.5 Å². The normalized spacial score (nSPS) is 16.8. The predicted octanol–water partition coefficient (Wildman–Crippen LogP) is 0.0419. The summed E-state index contributed by atoms with van der Waals surface area (Å²) >= 11 is 3.73. The first-order valence-electron chi connectivity index (χ1n) is 17.2. The number of carbonyl (C=O) groups is 4. The van der Waals surface area contributed by atoms with Gasteiger partial charge in [-0.3, -0.25) is 45.8 Å². The smallest absolute Gasteiger partial charge is 0.262 e. The van der Waals surface area contributed by atoms with Crippen molar-refractivity contribution in [2.24, 2.45) is 45.9 Å². The highest BCUT2D eigenvalue weighted by Crippen LogP contribution is 2.48. The van der Waals surface area contributed by atoms with Crippen molar-refractivity contribution in [3.8, 4) is 0 Å². The van der Waals surface area contributed by atoms with Gasteiger partial charge in [0.2, 0.25) is 0 Å². The number of carbonyl (C=O) groups excluding carboxylic acids is 4. The van der Waals surface area contributed by atoms with Crippen LogP contribution in [0, 0.1) is 0 Å². The zero-order valence-electron chi connectivity index (χ0n) is 29.4. The monoisotopic (exact) mass is 781 g/mol. The Bertz CT molecular complexity index is 2450. The van der Waals surface area contributed by atoms with Gasteiger partial charge in [-0.2, -0.15) is 0 Å². The van der Waals surface area contributed by atoms with Crippen LogP contribution in [0.3, 0.4) is 0 Å². The number of amides is 4. The molecule has 15 nitrogen and oxygen atoms in total. The maximum absolute atomic E-state index is 14.3. The standard InChI is InChI=1S/C36H41BBrN11O4/c1-4-5-6-13(2)48-29(50)17-9-7-15-25-21(37)11-19-23-18(10-8-16(27(23)25)26-22(38)12-20(31(48)52)24(17)28(15)26)30(51)49(32(19)53)14(3)47-36(45,46)35(43,44)34(41,42)33(39)40/h7-14,33,47H,4-6,39-46H2,1-3H3. The lowest BCUT2D eigenvalue weighted by molar-refractivity contribution is 0.0308. The molecular weight excluding hydrogens is 741 g/mol. The minimum Gasteiger partial charge on any atom is -0.313 e. The molecule has 53 heavy (non-hydrogen) atoms. The van der Waals surface area contributed by atoms with Crippen LogP contribution in [-0.2, 0) is 0 Å². The van der Waals surface area contributed by atoms with Gasteiger partial charge in [-0.1, -0.05) is 59.4 Å². The van der Waals surface area contributed by atoms with Crippen molar-refractivity contribution in [3.05, 3.63) is 63.1 Å². The molecule has 2 atom stereocenters. The summed E-state index contributed by atoms with van der Waals surface area (Å²) < 4.78 is 0.600. The second kappa shape index (κ2) is 12.2. The maximum Gasteiger partial charge on any atom is 0.262 e. The molecule has 2 heterocycles. The minimum absolute atomic E-state index is 0.140. The third kappa shape index (κ3) is 4.93. The van der Waals surface area contributed by atoms with E-state index >= 15 is 0 Å². The Morgan fingerprint density at radius 2 is 1.21 bits per heavy atom. The quantitative estimate of drug-likeness (QED) is 0.0298. The van der Waals surface area contributed by atoms with Crippen LogP contribution in [0.25, 0.3) is 43.1 Å². The van der Waals surface area contributed by atoms with Gasteiger partial charge in [-0.05, 0) is 60.0 Å². The van der Waals surface area contributed by atoms with Gasteiger partial charge in [0.15, 0.2) is 5.79 Å². The van der Waals surface area contributed by atoms with Crippen molar-refractivity contribution in [3.63, 3.8) is 0 Å². The third-order valence-corrected chi connectivity index (χ3v) is 11.7. The van der Waals surface area contributed by atoms with Crippen molar-refractivity contribution in [2.75, 3.05) is 0 Å². The van der Waals surface area contributed by atoms with Crippen LogP contribution in [0.5, 0.6) is 0 Å². The number of halogens is 1. The maximum atomic E-state index is 14.3. The molecule has 2 aliphatic rings. The first kappa shape index (κ1) is 37.2. The molecule has 17 heteroatoms. The van der Waals surface area contributed by atoms with Gasteiger partial charge in [-0.25, -0.2) is 0 Å². The van der Waals surface area contributed by atoms with Gasteiger partial charge in [0.25, 0.3) is 23.6 Å². The van der Waals surface area contributed by atoms with Gasteiger partial charge in [0.05, 0.1) is 12.3 Å². The number of hydrogen-bond donors (Lipinski definition) is 9. The third-order valence-electron chi connectivity index (χ3n) is 11.1. The van der Waals surface area contributed by atoms with Crippen molar-refractivity contribution < 1.29 is 19.2 Å². The molecule has 0 fully saturated rings. The molecule has 2 unspecified atom stereocenters. The molecular formula is C36H41BBrN11O4. The van der Waals surface area contributed by atoms with Crippen LogP contribution in [0.4, 0.5) is 0 Å². The summed E-state index contributed by atoms with van der Waals surface area (Å²) in [6.07, 6.45) is -0.175. The average Bonchev–Trinajstić information content (AvgIpc) is 3.08. The summed E-state index contributed by atoms with van der Waals surface area (Å²) in [7, 11) is 6.81. The van der Waals surface area contributed by atoms with Crippen LogP contribution in [0.1, 0.15) is 81.5 Å². The summed E-state index contributed by atoms with van der Waals surface area (Å²) in [4.78, 5) is 58.9. The fraction of sp³-hybridized carbons (Fsp3) is 0.333. The summed E-state index contributed by atoms with van der Waals surface area (Å²) in [6, 6.07) is 9.86. The number of hydrogen-bond acceptors (Lipinski definition) is 13. The highest BCUT2D eigenvalue weighted by atomic mass is 79.9. The molecule has 0 aromatic heterocycles. The fourth-order valence-corrected chi connectivity index (χ4v) is 8.67. The number of unbranched alkanes of at least 4 members (excludes halogenated alkanes) is 1. The molecule has 5 aromatic rings. The van der Waals surface area contributed by atoms with Crippen LogP contribution in [-0.4, -0.2) is 76.8 Å². The van der Waals surface area contributed by atoms with Gasteiger partial charge in [0.1, 0.15) is 19.2 Å². The number of fused-ring (bicyclic) bond motifs is 2. The second-order valence-corrected chi connectivity index (χ2v) is 15.3. The Labute approximate surface area is 313 Å². The SMILES string of the molecule is [B]c1cc2c3c(ccc4c5c(Br)cc6c7c(ccc(c1c34)c75)C(=O)N(C(C)CCCC)C6=O)C(=O)N(C(C)NC(N)(N)C(N)(N)C(N)(N)C(N)N)C2=O. The Kier molecular flexibility index (Phi) is 8.55. The molecule has 4 amide bonds. The predicted molar refractivity (Wildman–Crippen MR) is 209 cm³/mol. The highest BCUT2D eigenvalue weighted by molar-refractivity contribution is 9.10. The lowest BCUT2D eigenvalue weighted by atomic mass is 9.77. The van der Waals surface area contributed by atoms with Gasteiger partial charge in [0, 0.05) is 54.3 Å². The molecule has 0 aliphatic carbocycles. The Balaban J connectivity index is 1.41. The Hall–Kier alpha value is -4.14. The number of nitrogens with one attached hydrogen (secondary N) is 1. The number of nitrogens with two attached hydrogens (primary N) is 8. The lowest BCUT2D eigenvalue weighted by Crippen LogP contribution is -2.96. The largest absolute Gasteiger partial charge is 0.313 e. The lowest BCUT2D eigenvalue weighted by Gasteiger charge is -2.52. The van der Waals surface area contributed by atoms with Crippen molar-refractivity contribution in [1.82, 2.24) is 15.1 Å². The van der Waals surface area contributed by atoms with Gasteiger partial charge >= 0.3 is 0 Å². The molecule has 2 radical (unpaired) electrons. The van der Waals surface area contributed by atoms with Gasteiger partial charge in [-0.15, -0.1) is 0 Å². The fourth-order valence-electron chi connectivity index (χ4n) is 8.03. The van der Waals surface area contributed by atoms with E-state index in [-0.39, 0.29) is 34.4 Å². The van der Waals surface area contributed by atoms with E-state index in [4.69, 9.17) is 53.7 Å². The molecule has 2 aliphatic heterocycles. The average molecular weight is 783 g/mol. The van der Waals surface area contributed by atoms with E-state index in [1.807, 2.05) is 13.0 Å². The summed E-state index contributed by atoms with van der Waals surface area (Å²) in [5.41, 5.74) is 45.3. The highest BCUT2D eigenvalue weighted by Gasteiger charge is 2.56. The summed E-state index contributed by atoms with van der Waals surface area (Å²) in [5.74, 6) is -4.43. The van der Waals surface area contributed by atoms with Crippen LogP contribution < -0.4 is 56.6 Å². The van der Waals surface area contributed by atoms with E-state index in [0.717, 1.165) is 17.7 Å². The molecule has 0 bridgehead atoms. The molecule has 7 rings (SSSR count). The summed E-state index contributed by atoms with van der Waals surface area (Å²) in [6.45, 7) is 5.41. The zero-order chi connectivity index (χ0) is 38.9.